The number of nitrogens with one attached hydrogen (secondary N) is 1. The van der Waals surface area contributed by atoms with E-state index in [2.05, 4.69) is 9.98 Å². The Balaban J connectivity index is 1.96. The number of aliphatic imine (C=N–C) groups is 1. The minimum absolute atomic E-state index is 0.228. The Morgan fingerprint density at radius 1 is 1.16 bits per heavy atom. The van der Waals surface area contributed by atoms with Gasteiger partial charge in [-0.3, -0.25) is 4.99 Å². The van der Waals surface area contributed by atoms with Crippen LogP contribution in [0.25, 0.3) is 10.9 Å². The lowest BCUT2D eigenvalue weighted by Gasteiger charge is -1.97. The second kappa shape index (κ2) is 4.69. The predicted molar refractivity (Wildman–Crippen MR) is 76.7 cm³/mol. The number of aromatic amines is 1. The molecule has 0 aliphatic heterocycles. The Morgan fingerprint density at radius 2 is 2.00 bits per heavy atom. The van der Waals surface area contributed by atoms with Gasteiger partial charge in [0.15, 0.2) is 0 Å². The monoisotopic (exact) mass is 252 g/mol. The molecule has 0 saturated carbocycles. The maximum Gasteiger partial charge on any atom is 0.128 e. The first-order valence-electron chi connectivity index (χ1n) is 6.10. The number of halogens is 1. The van der Waals surface area contributed by atoms with E-state index in [1.54, 1.807) is 19.2 Å². The van der Waals surface area contributed by atoms with Gasteiger partial charge in [-0.25, -0.2) is 4.39 Å². The Bertz CT molecular complexity index is 756. The first-order valence-corrected chi connectivity index (χ1v) is 6.10. The first-order chi connectivity index (χ1) is 9.24. The number of fused-ring (bicyclic) bond motifs is 1. The molecule has 1 heterocycles. The molecule has 0 spiro atoms. The van der Waals surface area contributed by atoms with Gasteiger partial charge in [0.1, 0.15) is 5.82 Å². The number of aryl methyl sites for hydroxylation is 1. The Hall–Kier alpha value is -2.42. The number of nitrogens with zero attached hydrogens (tertiary/aromatic N) is 1. The highest BCUT2D eigenvalue weighted by molar-refractivity contribution is 5.99. The standard InChI is InChI=1S/C16H13FN2/c1-11-6-7-13(8-15(11)17)18-9-12-10-19-16-5-3-2-4-14(12)16/h2-10,19H,1H3/b18-9-. The molecule has 94 valence electrons. The van der Waals surface area contributed by atoms with Crippen LogP contribution in [0.4, 0.5) is 10.1 Å². The van der Waals surface area contributed by atoms with Gasteiger partial charge in [0.05, 0.1) is 5.69 Å². The smallest absolute Gasteiger partial charge is 0.128 e. The van der Waals surface area contributed by atoms with E-state index in [-0.39, 0.29) is 5.82 Å². The van der Waals surface area contributed by atoms with Gasteiger partial charge in [0.25, 0.3) is 0 Å². The molecule has 0 atom stereocenters. The molecule has 19 heavy (non-hydrogen) atoms. The molecular formula is C16H13FN2. The molecule has 3 heteroatoms. The van der Waals surface area contributed by atoms with E-state index in [1.807, 2.05) is 36.5 Å². The normalized spacial score (nSPS) is 11.5. The molecule has 0 saturated heterocycles. The highest BCUT2D eigenvalue weighted by Gasteiger charge is 2.00. The third-order valence-electron chi connectivity index (χ3n) is 3.13. The van der Waals surface area contributed by atoms with Crippen molar-refractivity contribution in [2.75, 3.05) is 0 Å². The zero-order chi connectivity index (χ0) is 13.2. The van der Waals surface area contributed by atoms with Gasteiger partial charge in [-0.1, -0.05) is 24.3 Å². The highest BCUT2D eigenvalue weighted by atomic mass is 19.1. The summed E-state index contributed by atoms with van der Waals surface area (Å²) in [5, 5.41) is 1.11. The van der Waals surface area contributed by atoms with Crippen LogP contribution in [0.5, 0.6) is 0 Å². The molecule has 1 aromatic heterocycles. The van der Waals surface area contributed by atoms with Crippen molar-refractivity contribution in [1.29, 1.82) is 0 Å². The van der Waals surface area contributed by atoms with Crippen LogP contribution in [-0.4, -0.2) is 11.2 Å². The zero-order valence-electron chi connectivity index (χ0n) is 10.5. The van der Waals surface area contributed by atoms with Crippen LogP contribution in [0, 0.1) is 12.7 Å². The molecule has 0 unspecified atom stereocenters. The summed E-state index contributed by atoms with van der Waals surface area (Å²) >= 11 is 0. The number of aromatic nitrogens is 1. The molecule has 0 fully saturated rings. The van der Waals surface area contributed by atoms with Gasteiger partial charge in [-0.2, -0.15) is 0 Å². The lowest BCUT2D eigenvalue weighted by Crippen LogP contribution is -1.81. The van der Waals surface area contributed by atoms with Crippen LogP contribution >= 0.6 is 0 Å². The van der Waals surface area contributed by atoms with Crippen molar-refractivity contribution in [1.82, 2.24) is 4.98 Å². The number of para-hydroxylation sites is 1. The Morgan fingerprint density at radius 3 is 2.84 bits per heavy atom. The van der Waals surface area contributed by atoms with Crippen LogP contribution < -0.4 is 0 Å². The van der Waals surface area contributed by atoms with Crippen LogP contribution in [0.1, 0.15) is 11.1 Å². The van der Waals surface area contributed by atoms with Gasteiger partial charge in [0, 0.05) is 28.9 Å². The Kier molecular flexibility index (Phi) is 2.88. The van der Waals surface area contributed by atoms with E-state index in [1.165, 1.54) is 6.07 Å². The number of hydrogen-bond donors (Lipinski definition) is 1. The summed E-state index contributed by atoms with van der Waals surface area (Å²) in [5.41, 5.74) is 3.31. The lowest BCUT2D eigenvalue weighted by atomic mass is 10.2. The molecule has 3 aromatic rings. The van der Waals surface area contributed by atoms with Crippen molar-refractivity contribution in [2.24, 2.45) is 4.99 Å². The van der Waals surface area contributed by atoms with Crippen molar-refractivity contribution in [3.8, 4) is 0 Å². The minimum atomic E-state index is -0.228. The van der Waals surface area contributed by atoms with Crippen molar-refractivity contribution in [2.45, 2.75) is 6.92 Å². The maximum absolute atomic E-state index is 13.4. The third-order valence-corrected chi connectivity index (χ3v) is 3.13. The largest absolute Gasteiger partial charge is 0.361 e. The Labute approximate surface area is 110 Å². The van der Waals surface area contributed by atoms with E-state index >= 15 is 0 Å². The highest BCUT2D eigenvalue weighted by Crippen LogP contribution is 2.19. The van der Waals surface area contributed by atoms with Crippen molar-refractivity contribution >= 4 is 22.8 Å². The van der Waals surface area contributed by atoms with Gasteiger partial charge < -0.3 is 4.98 Å². The average Bonchev–Trinajstić information content (AvgIpc) is 2.83. The zero-order valence-corrected chi connectivity index (χ0v) is 10.5. The van der Waals surface area contributed by atoms with Crippen molar-refractivity contribution in [3.63, 3.8) is 0 Å². The average molecular weight is 252 g/mol. The number of H-pyrrole nitrogens is 1. The number of rotatable bonds is 2. The van der Waals surface area contributed by atoms with Gasteiger partial charge in [0.2, 0.25) is 0 Å². The molecule has 0 amide bonds. The fourth-order valence-corrected chi connectivity index (χ4v) is 2.01. The molecule has 2 aromatic carbocycles. The van der Waals surface area contributed by atoms with E-state index < -0.39 is 0 Å². The van der Waals surface area contributed by atoms with Crippen molar-refractivity contribution < 1.29 is 4.39 Å². The first kappa shape index (κ1) is 11.7. The van der Waals surface area contributed by atoms with E-state index in [9.17, 15) is 4.39 Å². The van der Waals surface area contributed by atoms with Crippen LogP contribution in [-0.2, 0) is 0 Å². The summed E-state index contributed by atoms with van der Waals surface area (Å²) in [5.74, 6) is -0.228. The summed E-state index contributed by atoms with van der Waals surface area (Å²) < 4.78 is 13.4. The summed E-state index contributed by atoms with van der Waals surface area (Å²) in [6, 6.07) is 13.0. The van der Waals surface area contributed by atoms with Gasteiger partial charge in [-0.15, -0.1) is 0 Å². The second-order valence-electron chi connectivity index (χ2n) is 4.48. The fourth-order valence-electron chi connectivity index (χ4n) is 2.01. The number of benzene rings is 2. The maximum atomic E-state index is 13.4. The van der Waals surface area contributed by atoms with Crippen molar-refractivity contribution in [3.05, 3.63) is 65.6 Å². The topological polar surface area (TPSA) is 28.1 Å². The second-order valence-corrected chi connectivity index (χ2v) is 4.48. The molecular weight excluding hydrogens is 239 g/mol. The third kappa shape index (κ3) is 2.27. The van der Waals surface area contributed by atoms with E-state index in [0.717, 1.165) is 16.5 Å². The molecule has 2 nitrogen and oxygen atoms in total. The molecule has 0 aliphatic carbocycles. The molecule has 0 bridgehead atoms. The predicted octanol–water partition coefficient (Wildman–Crippen LogP) is 4.37. The van der Waals surface area contributed by atoms with E-state index in [0.29, 0.717) is 11.3 Å². The number of hydrogen-bond acceptors (Lipinski definition) is 1. The lowest BCUT2D eigenvalue weighted by molar-refractivity contribution is 0.619. The minimum Gasteiger partial charge on any atom is -0.361 e. The van der Waals surface area contributed by atoms with Gasteiger partial charge in [-0.05, 0) is 30.7 Å². The molecule has 1 N–H and O–H groups in total. The van der Waals surface area contributed by atoms with Crippen LogP contribution in [0.15, 0.2) is 53.7 Å². The molecule has 0 radical (unpaired) electrons. The fraction of sp³-hybridized carbons (Fsp3) is 0.0625. The SMILES string of the molecule is Cc1ccc(/N=C\c2c[nH]c3ccccc23)cc1F. The summed E-state index contributed by atoms with van der Waals surface area (Å²) in [7, 11) is 0. The van der Waals surface area contributed by atoms with Crippen LogP contribution in [0.3, 0.4) is 0 Å². The summed E-state index contributed by atoms with van der Waals surface area (Å²) in [6.07, 6.45) is 3.65. The van der Waals surface area contributed by atoms with Crippen LogP contribution in [0.2, 0.25) is 0 Å². The summed E-state index contributed by atoms with van der Waals surface area (Å²) in [6.45, 7) is 1.74. The quantitative estimate of drug-likeness (QED) is 0.656. The molecule has 3 rings (SSSR count). The summed E-state index contributed by atoms with van der Waals surface area (Å²) in [4.78, 5) is 7.50. The van der Waals surface area contributed by atoms with Gasteiger partial charge >= 0.3 is 0 Å². The molecule has 0 aliphatic rings. The van der Waals surface area contributed by atoms with E-state index in [4.69, 9.17) is 0 Å².